The van der Waals surface area contributed by atoms with E-state index in [2.05, 4.69) is 26.1 Å². The highest BCUT2D eigenvalue weighted by Crippen LogP contribution is 2.23. The fraction of sp³-hybridized carbons (Fsp3) is 1.00. The van der Waals surface area contributed by atoms with Crippen LogP contribution in [0, 0.1) is 5.41 Å². The molecule has 0 spiro atoms. The van der Waals surface area contributed by atoms with Gasteiger partial charge in [0.05, 0.1) is 5.75 Å². The lowest BCUT2D eigenvalue weighted by molar-refractivity contribution is 0.218. The molecule has 0 saturated carbocycles. The largest absolute Gasteiger partial charge is 0.314 e. The Bertz CT molecular complexity index is 336. The predicted octanol–water partition coefficient (Wildman–Crippen LogP) is 1.43. The summed E-state index contributed by atoms with van der Waals surface area (Å²) in [5, 5.41) is 3.25. The average molecular weight is 262 g/mol. The molecule has 0 aliphatic carbocycles. The quantitative estimate of drug-likeness (QED) is 0.837. The van der Waals surface area contributed by atoms with Gasteiger partial charge in [0, 0.05) is 25.2 Å². The molecular weight excluding hydrogens is 236 g/mol. The van der Waals surface area contributed by atoms with Gasteiger partial charge in [0.25, 0.3) is 0 Å². The first-order valence-electron chi connectivity index (χ1n) is 6.35. The van der Waals surface area contributed by atoms with Gasteiger partial charge in [-0.25, -0.2) is 8.42 Å². The summed E-state index contributed by atoms with van der Waals surface area (Å²) in [6, 6.07) is 0.118. The van der Waals surface area contributed by atoms with Gasteiger partial charge in [-0.05, 0) is 25.7 Å². The summed E-state index contributed by atoms with van der Waals surface area (Å²) in [5.41, 5.74) is 0.0631. The lowest BCUT2D eigenvalue weighted by atomic mass is 9.94. The fourth-order valence-electron chi connectivity index (χ4n) is 2.20. The van der Waals surface area contributed by atoms with Gasteiger partial charge in [-0.15, -0.1) is 0 Å². The molecule has 0 bridgehead atoms. The number of piperazine rings is 1. The van der Waals surface area contributed by atoms with E-state index in [0.29, 0.717) is 6.42 Å². The molecule has 102 valence electrons. The lowest BCUT2D eigenvalue weighted by Crippen LogP contribution is -2.57. The molecule has 0 radical (unpaired) electrons. The molecule has 17 heavy (non-hydrogen) atoms. The van der Waals surface area contributed by atoms with E-state index in [0.717, 1.165) is 13.1 Å². The minimum Gasteiger partial charge on any atom is -0.314 e. The first kappa shape index (κ1) is 14.9. The number of nitrogens with zero attached hydrogens (tertiary/aromatic N) is 1. The molecule has 2 atom stereocenters. The minimum absolute atomic E-state index is 0.0590. The maximum Gasteiger partial charge on any atom is 0.214 e. The molecule has 1 fully saturated rings. The van der Waals surface area contributed by atoms with Crippen LogP contribution in [0.2, 0.25) is 0 Å². The Kier molecular flexibility index (Phi) is 4.60. The van der Waals surface area contributed by atoms with E-state index >= 15 is 0 Å². The van der Waals surface area contributed by atoms with E-state index in [1.54, 1.807) is 4.31 Å². The third kappa shape index (κ3) is 4.23. The summed E-state index contributed by atoms with van der Waals surface area (Å²) in [6.45, 7) is 11.7. The smallest absolute Gasteiger partial charge is 0.214 e. The SMILES string of the molecule is CC1CNCC(C)N1S(=O)(=O)CCC(C)(C)C. The molecule has 1 saturated heterocycles. The zero-order valence-electron chi connectivity index (χ0n) is 11.7. The van der Waals surface area contributed by atoms with Gasteiger partial charge in [0.1, 0.15) is 0 Å². The Morgan fingerprint density at radius 2 is 1.65 bits per heavy atom. The van der Waals surface area contributed by atoms with E-state index in [9.17, 15) is 8.42 Å². The van der Waals surface area contributed by atoms with Gasteiger partial charge >= 0.3 is 0 Å². The summed E-state index contributed by atoms with van der Waals surface area (Å²) < 4.78 is 26.4. The van der Waals surface area contributed by atoms with Crippen LogP contribution in [0.15, 0.2) is 0 Å². The summed E-state index contributed by atoms with van der Waals surface area (Å²) in [6.07, 6.45) is 0.707. The van der Waals surface area contributed by atoms with Crippen LogP contribution in [-0.4, -0.2) is 43.6 Å². The molecule has 4 nitrogen and oxygen atoms in total. The standard InChI is InChI=1S/C12H26N2O2S/c1-10-8-13-9-11(2)14(10)17(15,16)7-6-12(3,4)5/h10-11,13H,6-9H2,1-5H3. The van der Waals surface area contributed by atoms with Crippen molar-refractivity contribution in [3.05, 3.63) is 0 Å². The highest BCUT2D eigenvalue weighted by atomic mass is 32.2. The van der Waals surface area contributed by atoms with Crippen LogP contribution in [0.3, 0.4) is 0 Å². The van der Waals surface area contributed by atoms with Gasteiger partial charge < -0.3 is 5.32 Å². The molecule has 1 N–H and O–H groups in total. The van der Waals surface area contributed by atoms with Crippen LogP contribution in [0.4, 0.5) is 0 Å². The molecule has 1 aliphatic heterocycles. The Hall–Kier alpha value is -0.130. The van der Waals surface area contributed by atoms with Crippen molar-refractivity contribution in [3.8, 4) is 0 Å². The van der Waals surface area contributed by atoms with Crippen molar-refractivity contribution in [1.82, 2.24) is 9.62 Å². The third-order valence-electron chi connectivity index (χ3n) is 3.18. The zero-order valence-corrected chi connectivity index (χ0v) is 12.5. The van der Waals surface area contributed by atoms with Crippen LogP contribution >= 0.6 is 0 Å². The zero-order chi connectivity index (χ0) is 13.3. The van der Waals surface area contributed by atoms with Crippen molar-refractivity contribution in [1.29, 1.82) is 0 Å². The van der Waals surface area contributed by atoms with Crippen LogP contribution in [-0.2, 0) is 10.0 Å². The van der Waals surface area contributed by atoms with Crippen molar-refractivity contribution in [2.24, 2.45) is 5.41 Å². The van der Waals surface area contributed by atoms with E-state index in [1.807, 2.05) is 13.8 Å². The molecule has 1 heterocycles. The molecule has 1 aliphatic rings. The molecule has 2 unspecified atom stereocenters. The summed E-state index contributed by atoms with van der Waals surface area (Å²) >= 11 is 0. The first-order valence-corrected chi connectivity index (χ1v) is 7.96. The second-order valence-electron chi connectivity index (χ2n) is 6.31. The monoisotopic (exact) mass is 262 g/mol. The molecule has 1 rings (SSSR count). The summed E-state index contributed by atoms with van der Waals surface area (Å²) in [4.78, 5) is 0. The van der Waals surface area contributed by atoms with Gasteiger partial charge in [-0.3, -0.25) is 0 Å². The molecule has 0 aromatic rings. The van der Waals surface area contributed by atoms with Crippen molar-refractivity contribution in [2.45, 2.75) is 53.1 Å². The number of hydrogen-bond donors (Lipinski definition) is 1. The molecular formula is C12H26N2O2S. The second kappa shape index (κ2) is 5.24. The van der Waals surface area contributed by atoms with Crippen LogP contribution in [0.25, 0.3) is 0 Å². The molecule has 0 aromatic heterocycles. The normalized spacial score (nSPS) is 28.3. The maximum absolute atomic E-state index is 12.4. The number of nitrogens with one attached hydrogen (secondary N) is 1. The van der Waals surface area contributed by atoms with Gasteiger partial charge in [-0.2, -0.15) is 4.31 Å². The lowest BCUT2D eigenvalue weighted by Gasteiger charge is -2.38. The first-order chi connectivity index (χ1) is 7.63. The van der Waals surface area contributed by atoms with Gasteiger partial charge in [-0.1, -0.05) is 20.8 Å². The van der Waals surface area contributed by atoms with Crippen LogP contribution in [0.1, 0.15) is 41.0 Å². The third-order valence-corrected chi connectivity index (χ3v) is 5.26. The topological polar surface area (TPSA) is 49.4 Å². The van der Waals surface area contributed by atoms with E-state index in [1.165, 1.54) is 0 Å². The maximum atomic E-state index is 12.4. The highest BCUT2D eigenvalue weighted by Gasteiger charge is 2.34. The van der Waals surface area contributed by atoms with Crippen LogP contribution in [0.5, 0.6) is 0 Å². The number of hydrogen-bond acceptors (Lipinski definition) is 3. The molecule has 5 heteroatoms. The second-order valence-corrected chi connectivity index (χ2v) is 8.31. The van der Waals surface area contributed by atoms with Crippen molar-refractivity contribution in [2.75, 3.05) is 18.8 Å². The van der Waals surface area contributed by atoms with Crippen molar-refractivity contribution in [3.63, 3.8) is 0 Å². The molecule has 0 aromatic carbocycles. The minimum atomic E-state index is -3.12. The number of rotatable bonds is 3. The highest BCUT2D eigenvalue weighted by molar-refractivity contribution is 7.89. The van der Waals surface area contributed by atoms with Crippen molar-refractivity contribution < 1.29 is 8.42 Å². The van der Waals surface area contributed by atoms with E-state index in [4.69, 9.17) is 0 Å². The van der Waals surface area contributed by atoms with Crippen LogP contribution < -0.4 is 5.32 Å². The number of sulfonamides is 1. The summed E-state index contributed by atoms with van der Waals surface area (Å²) in [7, 11) is -3.12. The van der Waals surface area contributed by atoms with E-state index in [-0.39, 0.29) is 23.3 Å². The Morgan fingerprint density at radius 3 is 2.06 bits per heavy atom. The van der Waals surface area contributed by atoms with Gasteiger partial charge in [0.2, 0.25) is 10.0 Å². The van der Waals surface area contributed by atoms with E-state index < -0.39 is 10.0 Å². The Labute approximate surface area is 106 Å². The Balaban J connectivity index is 2.74. The Morgan fingerprint density at radius 1 is 1.18 bits per heavy atom. The predicted molar refractivity (Wildman–Crippen MR) is 71.5 cm³/mol. The van der Waals surface area contributed by atoms with Crippen molar-refractivity contribution >= 4 is 10.0 Å². The fourth-order valence-corrected chi connectivity index (χ4v) is 4.53. The van der Waals surface area contributed by atoms with Gasteiger partial charge in [0.15, 0.2) is 0 Å². The molecule has 0 amide bonds. The average Bonchev–Trinajstić information content (AvgIpc) is 2.13. The summed E-state index contributed by atoms with van der Waals surface area (Å²) in [5.74, 6) is 0.255.